The van der Waals surface area contributed by atoms with E-state index in [4.69, 9.17) is 0 Å². The van der Waals surface area contributed by atoms with Crippen molar-refractivity contribution in [1.29, 1.82) is 0 Å². The molecule has 0 saturated carbocycles. The molecule has 1 aromatic carbocycles. The Morgan fingerprint density at radius 3 is 2.81 bits per heavy atom. The number of hydrogen-bond acceptors (Lipinski definition) is 1. The number of nitrogens with one attached hydrogen (secondary N) is 2. The Kier molecular flexibility index (Phi) is 5.05. The molecule has 2 rings (SSSR count). The zero-order valence-electron chi connectivity index (χ0n) is 13.3. The maximum absolute atomic E-state index is 12.4. The number of benzene rings is 1. The molecule has 21 heavy (non-hydrogen) atoms. The monoisotopic (exact) mass is 286 g/mol. The van der Waals surface area contributed by atoms with E-state index in [0.29, 0.717) is 6.54 Å². The van der Waals surface area contributed by atoms with E-state index >= 15 is 0 Å². The number of hydrogen-bond donors (Lipinski definition) is 2. The fourth-order valence-electron chi connectivity index (χ4n) is 2.63. The average Bonchev–Trinajstić information content (AvgIpc) is 2.93. The molecule has 0 fully saturated rings. The minimum atomic E-state index is 0.00613. The summed E-state index contributed by atoms with van der Waals surface area (Å²) in [4.78, 5) is 15.5. The maximum atomic E-state index is 12.4. The standard InChI is InChI=1S/C18H26N2O/c1-4-5-6-11-18(2,3)13-20-17(21)15-9-7-8-14-10-12-19-16(14)15/h7-10,12,19H,4-6,11,13H2,1-3H3,(H,20,21). The second kappa shape index (κ2) is 6.79. The van der Waals surface area contributed by atoms with Gasteiger partial charge in [-0.05, 0) is 24.0 Å². The second-order valence-corrected chi connectivity index (χ2v) is 6.55. The Bertz CT molecular complexity index is 598. The summed E-state index contributed by atoms with van der Waals surface area (Å²) in [5.41, 5.74) is 1.79. The van der Waals surface area contributed by atoms with Crippen LogP contribution < -0.4 is 5.32 Å². The molecule has 0 bridgehead atoms. The van der Waals surface area contributed by atoms with E-state index in [-0.39, 0.29) is 11.3 Å². The molecule has 3 heteroatoms. The molecule has 0 radical (unpaired) electrons. The Hall–Kier alpha value is -1.77. The molecule has 1 aromatic heterocycles. The van der Waals surface area contributed by atoms with Gasteiger partial charge < -0.3 is 10.3 Å². The van der Waals surface area contributed by atoms with E-state index < -0.39 is 0 Å². The van der Waals surface area contributed by atoms with Crippen LogP contribution in [0.5, 0.6) is 0 Å². The first-order valence-electron chi connectivity index (χ1n) is 7.88. The maximum Gasteiger partial charge on any atom is 0.253 e. The van der Waals surface area contributed by atoms with Crippen LogP contribution in [0.3, 0.4) is 0 Å². The van der Waals surface area contributed by atoms with Gasteiger partial charge >= 0.3 is 0 Å². The van der Waals surface area contributed by atoms with Gasteiger partial charge in [-0.2, -0.15) is 0 Å². The zero-order chi connectivity index (χ0) is 15.3. The van der Waals surface area contributed by atoms with E-state index in [0.717, 1.165) is 22.9 Å². The number of fused-ring (bicyclic) bond motifs is 1. The van der Waals surface area contributed by atoms with Gasteiger partial charge in [0.05, 0.1) is 11.1 Å². The SMILES string of the molecule is CCCCCC(C)(C)CNC(=O)c1cccc2cc[nH]c12. The second-order valence-electron chi connectivity index (χ2n) is 6.55. The lowest BCUT2D eigenvalue weighted by Crippen LogP contribution is -2.34. The number of para-hydroxylation sites is 1. The molecule has 3 nitrogen and oxygen atoms in total. The van der Waals surface area contributed by atoms with E-state index in [1.165, 1.54) is 19.3 Å². The fraction of sp³-hybridized carbons (Fsp3) is 0.500. The van der Waals surface area contributed by atoms with Crippen molar-refractivity contribution in [3.8, 4) is 0 Å². The summed E-state index contributed by atoms with van der Waals surface area (Å²) in [7, 11) is 0. The number of rotatable bonds is 7. The van der Waals surface area contributed by atoms with Crippen LogP contribution in [0.15, 0.2) is 30.5 Å². The predicted octanol–water partition coefficient (Wildman–Crippen LogP) is 4.50. The van der Waals surface area contributed by atoms with Gasteiger partial charge in [0.2, 0.25) is 0 Å². The quantitative estimate of drug-likeness (QED) is 0.723. The van der Waals surface area contributed by atoms with E-state index in [1.807, 2.05) is 30.5 Å². The lowest BCUT2D eigenvalue weighted by atomic mass is 9.87. The number of aromatic amines is 1. The minimum Gasteiger partial charge on any atom is -0.361 e. The van der Waals surface area contributed by atoms with Gasteiger partial charge in [0.1, 0.15) is 0 Å². The topological polar surface area (TPSA) is 44.9 Å². The first kappa shape index (κ1) is 15.6. The number of unbranched alkanes of at least 4 members (excludes halogenated alkanes) is 2. The molecule has 0 saturated heterocycles. The highest BCUT2D eigenvalue weighted by atomic mass is 16.1. The van der Waals surface area contributed by atoms with Gasteiger partial charge in [-0.25, -0.2) is 0 Å². The fourth-order valence-corrected chi connectivity index (χ4v) is 2.63. The normalized spacial score (nSPS) is 11.8. The zero-order valence-corrected chi connectivity index (χ0v) is 13.3. The van der Waals surface area contributed by atoms with Crippen LogP contribution in [0.4, 0.5) is 0 Å². The molecule has 2 N–H and O–H groups in total. The number of amides is 1. The largest absolute Gasteiger partial charge is 0.361 e. The molecule has 114 valence electrons. The molecule has 0 aliphatic carbocycles. The Morgan fingerprint density at radius 2 is 2.05 bits per heavy atom. The molecule has 2 aromatic rings. The number of aromatic nitrogens is 1. The van der Waals surface area contributed by atoms with Crippen LogP contribution >= 0.6 is 0 Å². The first-order valence-corrected chi connectivity index (χ1v) is 7.88. The molecule has 0 spiro atoms. The molecule has 1 heterocycles. The van der Waals surface area contributed by atoms with Crippen molar-refractivity contribution in [3.05, 3.63) is 36.0 Å². The smallest absolute Gasteiger partial charge is 0.253 e. The Balaban J connectivity index is 1.97. The van der Waals surface area contributed by atoms with Crippen LogP contribution in [0.2, 0.25) is 0 Å². The summed E-state index contributed by atoms with van der Waals surface area (Å²) in [6.07, 6.45) is 6.74. The van der Waals surface area contributed by atoms with E-state index in [1.54, 1.807) is 0 Å². The van der Waals surface area contributed by atoms with Crippen molar-refractivity contribution in [2.75, 3.05) is 6.54 Å². The van der Waals surface area contributed by atoms with Gasteiger partial charge in [0.25, 0.3) is 5.91 Å². The number of carbonyl (C=O) groups is 1. The van der Waals surface area contributed by atoms with Gasteiger partial charge in [-0.15, -0.1) is 0 Å². The minimum absolute atomic E-state index is 0.00613. The summed E-state index contributed by atoms with van der Waals surface area (Å²) in [6, 6.07) is 7.80. The highest BCUT2D eigenvalue weighted by Gasteiger charge is 2.19. The van der Waals surface area contributed by atoms with Crippen LogP contribution in [0, 0.1) is 5.41 Å². The Morgan fingerprint density at radius 1 is 1.24 bits per heavy atom. The van der Waals surface area contributed by atoms with Crippen LogP contribution in [-0.4, -0.2) is 17.4 Å². The molecule has 0 unspecified atom stereocenters. The van der Waals surface area contributed by atoms with Crippen molar-refractivity contribution in [3.63, 3.8) is 0 Å². The predicted molar refractivity (Wildman–Crippen MR) is 88.6 cm³/mol. The van der Waals surface area contributed by atoms with Crippen LogP contribution in [0.1, 0.15) is 56.8 Å². The third-order valence-electron chi connectivity index (χ3n) is 4.02. The summed E-state index contributed by atoms with van der Waals surface area (Å²) in [6.45, 7) is 7.37. The number of H-pyrrole nitrogens is 1. The first-order chi connectivity index (χ1) is 10.0. The summed E-state index contributed by atoms with van der Waals surface area (Å²) >= 11 is 0. The highest BCUT2D eigenvalue weighted by molar-refractivity contribution is 6.05. The van der Waals surface area contributed by atoms with Gasteiger partial charge in [0, 0.05) is 18.1 Å². The van der Waals surface area contributed by atoms with Crippen molar-refractivity contribution < 1.29 is 4.79 Å². The van der Waals surface area contributed by atoms with E-state index in [2.05, 4.69) is 31.1 Å². The van der Waals surface area contributed by atoms with Crippen molar-refractivity contribution in [2.24, 2.45) is 5.41 Å². The van der Waals surface area contributed by atoms with Crippen molar-refractivity contribution >= 4 is 16.8 Å². The van der Waals surface area contributed by atoms with Crippen molar-refractivity contribution in [2.45, 2.75) is 46.5 Å². The van der Waals surface area contributed by atoms with Crippen molar-refractivity contribution in [1.82, 2.24) is 10.3 Å². The van der Waals surface area contributed by atoms with Gasteiger partial charge in [-0.1, -0.05) is 52.2 Å². The van der Waals surface area contributed by atoms with Gasteiger partial charge in [-0.3, -0.25) is 4.79 Å². The van der Waals surface area contributed by atoms with Crippen LogP contribution in [0.25, 0.3) is 10.9 Å². The number of carbonyl (C=O) groups excluding carboxylic acids is 1. The molecular weight excluding hydrogens is 260 g/mol. The molecule has 0 aliphatic heterocycles. The summed E-state index contributed by atoms with van der Waals surface area (Å²) < 4.78 is 0. The Labute approximate surface area is 127 Å². The lowest BCUT2D eigenvalue weighted by molar-refractivity contribution is 0.0935. The molecule has 0 aliphatic rings. The third-order valence-corrected chi connectivity index (χ3v) is 4.02. The van der Waals surface area contributed by atoms with Gasteiger partial charge in [0.15, 0.2) is 0 Å². The highest BCUT2D eigenvalue weighted by Crippen LogP contribution is 2.23. The molecule has 0 atom stereocenters. The molecule has 1 amide bonds. The van der Waals surface area contributed by atoms with Crippen LogP contribution in [-0.2, 0) is 0 Å². The lowest BCUT2D eigenvalue weighted by Gasteiger charge is -2.25. The summed E-state index contributed by atoms with van der Waals surface area (Å²) in [5.74, 6) is 0.00613. The van der Waals surface area contributed by atoms with E-state index in [9.17, 15) is 4.79 Å². The summed E-state index contributed by atoms with van der Waals surface area (Å²) in [5, 5.41) is 4.16. The average molecular weight is 286 g/mol. The molecular formula is C18H26N2O. The third kappa shape index (κ3) is 4.10.